The lowest BCUT2D eigenvalue weighted by molar-refractivity contribution is -0.115. The number of fused-ring (bicyclic) bond motifs is 1. The molecule has 32 heavy (non-hydrogen) atoms. The Kier molecular flexibility index (Phi) is 4.57. The highest BCUT2D eigenvalue weighted by Gasteiger charge is 2.49. The van der Waals surface area contributed by atoms with Gasteiger partial charge in [0.2, 0.25) is 0 Å². The summed E-state index contributed by atoms with van der Waals surface area (Å²) >= 11 is 0. The Labute approximate surface area is 191 Å². The van der Waals surface area contributed by atoms with Crippen LogP contribution in [0.15, 0.2) is 53.9 Å². The maximum absolute atomic E-state index is 12.0. The highest BCUT2D eigenvalue weighted by Crippen LogP contribution is 2.55. The summed E-state index contributed by atoms with van der Waals surface area (Å²) in [5.41, 5.74) is 8.32. The van der Waals surface area contributed by atoms with E-state index < -0.39 is 0 Å². The van der Waals surface area contributed by atoms with Crippen molar-refractivity contribution < 1.29 is 9.90 Å². The average Bonchev–Trinajstić information content (AvgIpc) is 3.49. The van der Waals surface area contributed by atoms with Crippen LogP contribution in [-0.2, 0) is 27.5 Å². The number of carbonyl (C=O) groups excluding carboxylic acids is 1. The molecule has 0 spiro atoms. The van der Waals surface area contributed by atoms with Gasteiger partial charge in [-0.1, -0.05) is 58.0 Å². The molecule has 3 aliphatic rings. The number of benzene rings is 1. The number of aryl methyl sites for hydroxylation is 1. The molecule has 1 N–H and O–H groups in total. The molecule has 1 aromatic heterocycles. The van der Waals surface area contributed by atoms with Crippen LogP contribution in [0.25, 0.3) is 0 Å². The minimum atomic E-state index is -0.0103. The van der Waals surface area contributed by atoms with Gasteiger partial charge in [0.15, 0.2) is 5.78 Å². The second-order valence-corrected chi connectivity index (χ2v) is 11.1. The molecule has 3 aliphatic carbocycles. The lowest BCUT2D eigenvalue weighted by atomic mass is 9.66. The van der Waals surface area contributed by atoms with Crippen molar-refractivity contribution in [3.63, 3.8) is 0 Å². The van der Waals surface area contributed by atoms with Gasteiger partial charge in [-0.3, -0.25) is 9.78 Å². The van der Waals surface area contributed by atoms with Crippen LogP contribution in [0.4, 0.5) is 0 Å². The van der Waals surface area contributed by atoms with E-state index in [-0.39, 0.29) is 27.8 Å². The number of aliphatic hydroxyl groups excluding tert-OH is 1. The number of aromatic nitrogens is 1. The van der Waals surface area contributed by atoms with Gasteiger partial charge in [-0.2, -0.15) is 0 Å². The number of hydrogen-bond acceptors (Lipinski definition) is 3. The summed E-state index contributed by atoms with van der Waals surface area (Å²) in [5, 5.41) is 10.0. The zero-order valence-electron chi connectivity index (χ0n) is 19.9. The fourth-order valence-electron chi connectivity index (χ4n) is 5.59. The molecule has 1 saturated carbocycles. The number of Topliss-reactive ketones (excluding diaryl/α,β-unsaturated/α-hetero) is 1. The molecule has 1 fully saturated rings. The van der Waals surface area contributed by atoms with Gasteiger partial charge in [0, 0.05) is 47.3 Å². The SMILES string of the molecule is Cc1cc2c(cc1C1(c3ccc(CC4=C(O)CCC4=O)cn3)CC1)C(C)(C)C=CC2(C)C. The molecule has 3 heteroatoms. The third-order valence-corrected chi connectivity index (χ3v) is 7.90. The van der Waals surface area contributed by atoms with Crippen molar-refractivity contribution in [3.05, 3.63) is 87.5 Å². The van der Waals surface area contributed by atoms with E-state index in [1.54, 1.807) is 0 Å². The monoisotopic (exact) mass is 427 g/mol. The first-order valence-corrected chi connectivity index (χ1v) is 11.8. The first-order chi connectivity index (χ1) is 15.0. The number of allylic oxidation sites excluding steroid dienone is 4. The fraction of sp³-hybridized carbons (Fsp3) is 0.448. The van der Waals surface area contributed by atoms with E-state index >= 15 is 0 Å². The van der Waals surface area contributed by atoms with Crippen molar-refractivity contribution in [3.8, 4) is 0 Å². The minimum Gasteiger partial charge on any atom is -0.512 e. The van der Waals surface area contributed by atoms with Crippen molar-refractivity contribution >= 4 is 5.78 Å². The summed E-state index contributed by atoms with van der Waals surface area (Å²) in [7, 11) is 0. The molecule has 0 atom stereocenters. The maximum Gasteiger partial charge on any atom is 0.162 e. The molecule has 3 nitrogen and oxygen atoms in total. The molecule has 0 saturated heterocycles. The van der Waals surface area contributed by atoms with Crippen LogP contribution in [0, 0.1) is 6.92 Å². The first-order valence-electron chi connectivity index (χ1n) is 11.8. The molecule has 0 unspecified atom stereocenters. The van der Waals surface area contributed by atoms with Gasteiger partial charge in [0.1, 0.15) is 0 Å². The highest BCUT2D eigenvalue weighted by atomic mass is 16.3. The van der Waals surface area contributed by atoms with E-state index in [0.717, 1.165) is 24.1 Å². The first kappa shape index (κ1) is 21.2. The highest BCUT2D eigenvalue weighted by molar-refractivity contribution is 5.98. The predicted molar refractivity (Wildman–Crippen MR) is 128 cm³/mol. The molecular formula is C29H33NO2. The number of nitrogens with zero attached hydrogens (tertiary/aromatic N) is 1. The van der Waals surface area contributed by atoms with E-state index in [4.69, 9.17) is 4.98 Å². The smallest absolute Gasteiger partial charge is 0.162 e. The van der Waals surface area contributed by atoms with Crippen LogP contribution in [0.1, 0.15) is 86.9 Å². The summed E-state index contributed by atoms with van der Waals surface area (Å²) in [6.45, 7) is 11.4. The summed E-state index contributed by atoms with van der Waals surface area (Å²) in [5.74, 6) is 0.316. The number of rotatable bonds is 4. The van der Waals surface area contributed by atoms with E-state index in [9.17, 15) is 9.90 Å². The van der Waals surface area contributed by atoms with Crippen molar-refractivity contribution in [2.75, 3.05) is 0 Å². The van der Waals surface area contributed by atoms with Crippen LogP contribution in [0.5, 0.6) is 0 Å². The molecule has 0 aliphatic heterocycles. The quantitative estimate of drug-likeness (QED) is 0.582. The van der Waals surface area contributed by atoms with Gasteiger partial charge < -0.3 is 5.11 Å². The van der Waals surface area contributed by atoms with Crippen LogP contribution >= 0.6 is 0 Å². The van der Waals surface area contributed by atoms with Crippen LogP contribution in [-0.4, -0.2) is 15.9 Å². The summed E-state index contributed by atoms with van der Waals surface area (Å²) in [4.78, 5) is 16.9. The third kappa shape index (κ3) is 3.25. The van der Waals surface area contributed by atoms with Gasteiger partial charge in [0.25, 0.3) is 0 Å². The second-order valence-electron chi connectivity index (χ2n) is 11.1. The largest absolute Gasteiger partial charge is 0.512 e. The Hall–Kier alpha value is -2.68. The summed E-state index contributed by atoms with van der Waals surface area (Å²) in [6, 6.07) is 9.08. The molecule has 1 aromatic carbocycles. The average molecular weight is 428 g/mol. The van der Waals surface area contributed by atoms with Gasteiger partial charge in [-0.25, -0.2) is 0 Å². The Morgan fingerprint density at radius 3 is 2.12 bits per heavy atom. The van der Waals surface area contributed by atoms with E-state index in [0.29, 0.717) is 24.8 Å². The molecule has 0 bridgehead atoms. The molecule has 166 valence electrons. The number of carbonyl (C=O) groups is 1. The number of aliphatic hydroxyl groups is 1. The van der Waals surface area contributed by atoms with Crippen molar-refractivity contribution in [2.24, 2.45) is 0 Å². The molecule has 0 amide bonds. The number of ketones is 1. The van der Waals surface area contributed by atoms with E-state index in [1.807, 2.05) is 6.20 Å². The molecule has 1 heterocycles. The maximum atomic E-state index is 12.0. The fourth-order valence-corrected chi connectivity index (χ4v) is 5.59. The van der Waals surface area contributed by atoms with Gasteiger partial charge >= 0.3 is 0 Å². The van der Waals surface area contributed by atoms with Crippen molar-refractivity contribution in [1.29, 1.82) is 0 Å². The predicted octanol–water partition coefficient (Wildman–Crippen LogP) is 6.31. The Morgan fingerprint density at radius 2 is 1.59 bits per heavy atom. The van der Waals surface area contributed by atoms with Crippen LogP contribution in [0.2, 0.25) is 0 Å². The normalized spacial score (nSPS) is 22.2. The zero-order valence-corrected chi connectivity index (χ0v) is 19.9. The molecular weight excluding hydrogens is 394 g/mol. The molecule has 5 rings (SSSR count). The van der Waals surface area contributed by atoms with Gasteiger partial charge in [0.05, 0.1) is 11.5 Å². The van der Waals surface area contributed by atoms with Crippen LogP contribution < -0.4 is 0 Å². The Bertz CT molecular complexity index is 1170. The standard InChI is InChI=1S/C29H33NO2/c1-18-14-22-23(28(4,5)11-10-27(22,2)3)16-21(18)29(12-13-29)26-9-6-19(17-30-26)15-20-24(31)7-8-25(20)32/h6,9-11,14,16-17,31H,7-8,12-13,15H2,1-5H3. The van der Waals surface area contributed by atoms with E-state index in [1.165, 1.54) is 22.3 Å². The number of hydrogen-bond donors (Lipinski definition) is 1. The van der Waals surface area contributed by atoms with Crippen molar-refractivity contribution in [1.82, 2.24) is 4.98 Å². The van der Waals surface area contributed by atoms with Crippen LogP contribution in [0.3, 0.4) is 0 Å². The second kappa shape index (κ2) is 6.91. The van der Waals surface area contributed by atoms with E-state index in [2.05, 4.69) is 71.0 Å². The zero-order chi connectivity index (χ0) is 22.9. The summed E-state index contributed by atoms with van der Waals surface area (Å²) in [6.07, 6.45) is 10.2. The summed E-state index contributed by atoms with van der Waals surface area (Å²) < 4.78 is 0. The molecule has 2 aromatic rings. The Balaban J connectivity index is 1.50. The third-order valence-electron chi connectivity index (χ3n) is 7.90. The Morgan fingerprint density at radius 1 is 0.938 bits per heavy atom. The van der Waals surface area contributed by atoms with Crippen molar-refractivity contribution in [2.45, 2.75) is 83.0 Å². The lowest BCUT2D eigenvalue weighted by Gasteiger charge is -2.38. The molecule has 0 radical (unpaired) electrons. The lowest BCUT2D eigenvalue weighted by Crippen LogP contribution is -2.30. The minimum absolute atomic E-state index is 0.0103. The van der Waals surface area contributed by atoms with Gasteiger partial charge in [-0.15, -0.1) is 0 Å². The topological polar surface area (TPSA) is 50.2 Å². The number of pyridine rings is 1. The van der Waals surface area contributed by atoms with Gasteiger partial charge in [-0.05, 0) is 53.6 Å².